The normalized spacial score (nSPS) is 12.8. The van der Waals surface area contributed by atoms with E-state index in [0.717, 1.165) is 0 Å². The maximum atomic E-state index is 11.9. The lowest BCUT2D eigenvalue weighted by Gasteiger charge is -2.14. The molecule has 1 rings (SSSR count). The molecule has 0 bridgehead atoms. The molecule has 0 aromatic carbocycles. The third-order valence-corrected chi connectivity index (χ3v) is 3.09. The summed E-state index contributed by atoms with van der Waals surface area (Å²) < 4.78 is 6.62. The van der Waals surface area contributed by atoms with Gasteiger partial charge in [-0.3, -0.25) is 4.79 Å². The van der Waals surface area contributed by atoms with Crippen LogP contribution < -0.4 is 10.9 Å². The summed E-state index contributed by atoms with van der Waals surface area (Å²) >= 11 is 3.24. The molecule has 1 unspecified atom stereocenters. The van der Waals surface area contributed by atoms with Crippen molar-refractivity contribution >= 4 is 21.6 Å². The van der Waals surface area contributed by atoms with Gasteiger partial charge in [0.25, 0.3) is 5.56 Å². The van der Waals surface area contributed by atoms with Gasteiger partial charge in [-0.2, -0.15) is 5.10 Å². The second-order valence-electron chi connectivity index (χ2n) is 4.21. The second kappa shape index (κ2) is 6.86. The molecule has 102 valence electrons. The Morgan fingerprint density at radius 3 is 2.83 bits per heavy atom. The molecule has 7 heteroatoms. The highest BCUT2D eigenvalue weighted by Gasteiger charge is 2.11. The fourth-order valence-corrected chi connectivity index (χ4v) is 1.84. The lowest BCUT2D eigenvalue weighted by Crippen LogP contribution is -2.28. The highest BCUT2D eigenvalue weighted by atomic mass is 79.9. The smallest absolute Gasteiger partial charge is 0.283 e. The molecule has 18 heavy (non-hydrogen) atoms. The Balaban J connectivity index is 2.80. The largest absolute Gasteiger partial charge is 0.389 e. The first-order valence-electron chi connectivity index (χ1n) is 5.65. The first-order valence-corrected chi connectivity index (χ1v) is 6.44. The summed E-state index contributed by atoms with van der Waals surface area (Å²) in [5.41, 5.74) is 0.364. The molecule has 0 aliphatic heterocycles. The van der Waals surface area contributed by atoms with Crippen LogP contribution in [0.25, 0.3) is 0 Å². The van der Waals surface area contributed by atoms with Crippen LogP contribution in [0.3, 0.4) is 0 Å². The number of hydrogen-bond donors (Lipinski definition) is 2. The predicted octanol–water partition coefficient (Wildman–Crippen LogP) is 1.01. The number of aliphatic hydroxyl groups is 1. The number of aromatic nitrogens is 2. The molecule has 0 aliphatic carbocycles. The number of nitrogens with zero attached hydrogens (tertiary/aromatic N) is 2. The number of nitrogens with one attached hydrogen (secondary N) is 1. The number of aliphatic hydroxyl groups excluding tert-OH is 1. The Kier molecular flexibility index (Phi) is 5.77. The molecule has 1 heterocycles. The van der Waals surface area contributed by atoms with Crippen LogP contribution in [0, 0.1) is 0 Å². The van der Waals surface area contributed by atoms with E-state index in [2.05, 4.69) is 26.3 Å². The average Bonchev–Trinajstić information content (AvgIpc) is 2.31. The van der Waals surface area contributed by atoms with Gasteiger partial charge in [0.05, 0.1) is 30.6 Å². The van der Waals surface area contributed by atoms with Crippen molar-refractivity contribution in [2.24, 2.45) is 0 Å². The van der Waals surface area contributed by atoms with E-state index in [0.29, 0.717) is 16.7 Å². The van der Waals surface area contributed by atoms with Gasteiger partial charge in [0.2, 0.25) is 0 Å². The summed E-state index contributed by atoms with van der Waals surface area (Å²) in [4.78, 5) is 11.9. The molecule has 0 amide bonds. The van der Waals surface area contributed by atoms with Crippen molar-refractivity contribution in [1.29, 1.82) is 0 Å². The number of hydrogen-bond acceptors (Lipinski definition) is 5. The van der Waals surface area contributed by atoms with Crippen molar-refractivity contribution in [2.75, 3.05) is 25.6 Å². The zero-order valence-corrected chi connectivity index (χ0v) is 12.3. The standard InChI is InChI=1S/C11H18BrN3O3/c1-7(2)15-11(17)10(12)9(5-14-15)13-4-8(16)6-18-3/h5,7-8,13,16H,4,6H2,1-3H3. The zero-order valence-electron chi connectivity index (χ0n) is 10.7. The molecule has 0 saturated heterocycles. The fraction of sp³-hybridized carbons (Fsp3) is 0.636. The Labute approximate surface area is 114 Å². The van der Waals surface area contributed by atoms with Crippen molar-refractivity contribution in [1.82, 2.24) is 9.78 Å². The molecule has 0 radical (unpaired) electrons. The van der Waals surface area contributed by atoms with E-state index < -0.39 is 6.10 Å². The summed E-state index contributed by atoms with van der Waals surface area (Å²) in [7, 11) is 1.52. The Bertz CT molecular complexity index is 448. The zero-order chi connectivity index (χ0) is 13.7. The van der Waals surface area contributed by atoms with E-state index in [1.54, 1.807) is 6.20 Å². The molecule has 0 aliphatic rings. The molecule has 1 atom stereocenters. The predicted molar refractivity (Wildman–Crippen MR) is 73.0 cm³/mol. The second-order valence-corrected chi connectivity index (χ2v) is 5.00. The maximum Gasteiger partial charge on any atom is 0.283 e. The molecular formula is C11H18BrN3O3. The van der Waals surface area contributed by atoms with Crippen LogP contribution in [-0.4, -0.2) is 41.3 Å². The van der Waals surface area contributed by atoms with Crippen LogP contribution in [-0.2, 0) is 4.74 Å². The topological polar surface area (TPSA) is 76.4 Å². The molecule has 6 nitrogen and oxygen atoms in total. The van der Waals surface area contributed by atoms with E-state index >= 15 is 0 Å². The number of anilines is 1. The minimum Gasteiger partial charge on any atom is -0.389 e. The highest BCUT2D eigenvalue weighted by Crippen LogP contribution is 2.16. The minimum absolute atomic E-state index is 0.00179. The maximum absolute atomic E-state index is 11.9. The van der Waals surface area contributed by atoms with Crippen LogP contribution in [0.5, 0.6) is 0 Å². The number of rotatable bonds is 6. The lowest BCUT2D eigenvalue weighted by molar-refractivity contribution is 0.0727. The first kappa shape index (κ1) is 15.1. The van der Waals surface area contributed by atoms with Gasteiger partial charge in [0.1, 0.15) is 4.47 Å². The van der Waals surface area contributed by atoms with E-state index in [9.17, 15) is 9.90 Å². The van der Waals surface area contributed by atoms with E-state index in [-0.39, 0.29) is 18.2 Å². The summed E-state index contributed by atoms with van der Waals surface area (Å²) in [6.45, 7) is 4.30. The SMILES string of the molecule is COCC(O)CNc1cnn(C(C)C)c(=O)c1Br. The lowest BCUT2D eigenvalue weighted by atomic mass is 10.3. The minimum atomic E-state index is -0.630. The Morgan fingerprint density at radius 1 is 1.61 bits per heavy atom. The summed E-state index contributed by atoms with van der Waals surface area (Å²) in [6, 6.07) is 0.00179. The monoisotopic (exact) mass is 319 g/mol. The van der Waals surface area contributed by atoms with Crippen molar-refractivity contribution in [3.8, 4) is 0 Å². The van der Waals surface area contributed by atoms with Crippen LogP contribution in [0.4, 0.5) is 5.69 Å². The summed E-state index contributed by atoms with van der Waals surface area (Å²) in [5, 5.41) is 16.5. The number of halogens is 1. The average molecular weight is 320 g/mol. The van der Waals surface area contributed by atoms with Gasteiger partial charge in [-0.05, 0) is 29.8 Å². The summed E-state index contributed by atoms with van der Waals surface area (Å²) in [5.74, 6) is 0. The van der Waals surface area contributed by atoms with Crippen molar-refractivity contribution in [3.63, 3.8) is 0 Å². The third-order valence-electron chi connectivity index (χ3n) is 2.32. The van der Waals surface area contributed by atoms with Gasteiger partial charge in [0, 0.05) is 13.7 Å². The van der Waals surface area contributed by atoms with Crippen LogP contribution in [0.2, 0.25) is 0 Å². The quantitative estimate of drug-likeness (QED) is 0.818. The molecule has 1 aromatic rings. The molecular weight excluding hydrogens is 302 g/mol. The van der Waals surface area contributed by atoms with Gasteiger partial charge in [-0.15, -0.1) is 0 Å². The first-order chi connectivity index (χ1) is 8.47. The molecule has 0 spiro atoms. The van der Waals surface area contributed by atoms with Crippen molar-refractivity contribution in [3.05, 3.63) is 21.0 Å². The van der Waals surface area contributed by atoms with Gasteiger partial charge >= 0.3 is 0 Å². The van der Waals surface area contributed by atoms with Crippen molar-refractivity contribution in [2.45, 2.75) is 26.0 Å². The van der Waals surface area contributed by atoms with E-state index in [1.807, 2.05) is 13.8 Å². The molecule has 0 fully saturated rings. The molecule has 1 aromatic heterocycles. The third kappa shape index (κ3) is 3.79. The Hall–Kier alpha value is -0.920. The fourth-order valence-electron chi connectivity index (χ4n) is 1.41. The van der Waals surface area contributed by atoms with E-state index in [1.165, 1.54) is 11.8 Å². The van der Waals surface area contributed by atoms with Crippen LogP contribution in [0.1, 0.15) is 19.9 Å². The van der Waals surface area contributed by atoms with Crippen LogP contribution in [0.15, 0.2) is 15.5 Å². The van der Waals surface area contributed by atoms with Gasteiger partial charge in [-0.25, -0.2) is 4.68 Å². The Morgan fingerprint density at radius 2 is 2.28 bits per heavy atom. The molecule has 0 saturated carbocycles. The summed E-state index contributed by atoms with van der Waals surface area (Å²) in [6.07, 6.45) is 0.930. The van der Waals surface area contributed by atoms with Gasteiger partial charge in [-0.1, -0.05) is 0 Å². The highest BCUT2D eigenvalue weighted by molar-refractivity contribution is 9.10. The number of methoxy groups -OCH3 is 1. The van der Waals surface area contributed by atoms with Crippen LogP contribution >= 0.6 is 15.9 Å². The van der Waals surface area contributed by atoms with Gasteiger partial charge in [0.15, 0.2) is 0 Å². The van der Waals surface area contributed by atoms with Gasteiger partial charge < -0.3 is 15.2 Å². The number of ether oxygens (including phenoxy) is 1. The molecule has 2 N–H and O–H groups in total. The van der Waals surface area contributed by atoms with Crippen molar-refractivity contribution < 1.29 is 9.84 Å². The van der Waals surface area contributed by atoms with E-state index in [4.69, 9.17) is 4.74 Å².